The number of imidazole rings is 1. The SMILES string of the molecule is CC(C)C(NC(=O)C(CS)NC(=O)C(N)Cc1ccc(O)cc1)C(=O)NC(Cc1cnc[nH]1)C(=O)O. The maximum absolute atomic E-state index is 12.9. The van der Waals surface area contributed by atoms with E-state index in [0.29, 0.717) is 5.69 Å². The third-order valence-corrected chi connectivity index (χ3v) is 5.75. The highest BCUT2D eigenvalue weighted by atomic mass is 32.1. The zero-order chi connectivity index (χ0) is 26.8. The number of nitrogens with two attached hydrogens (primary N) is 1. The molecule has 13 heteroatoms. The molecule has 0 aliphatic heterocycles. The van der Waals surface area contributed by atoms with E-state index in [9.17, 15) is 29.4 Å². The monoisotopic (exact) mass is 520 g/mol. The number of carbonyl (C=O) groups excluding carboxylic acids is 3. The molecule has 1 aromatic carbocycles. The quantitative estimate of drug-likeness (QED) is 0.159. The number of aromatic amines is 1. The van der Waals surface area contributed by atoms with E-state index in [1.807, 2.05) is 0 Å². The Morgan fingerprint density at radius 1 is 1.00 bits per heavy atom. The number of aliphatic carboxylic acids is 1. The van der Waals surface area contributed by atoms with Crippen molar-refractivity contribution < 1.29 is 29.4 Å². The number of benzene rings is 1. The zero-order valence-electron chi connectivity index (χ0n) is 20.0. The summed E-state index contributed by atoms with van der Waals surface area (Å²) in [5.41, 5.74) is 7.22. The Morgan fingerprint density at radius 3 is 2.17 bits per heavy atom. The average Bonchev–Trinajstić information content (AvgIpc) is 3.34. The van der Waals surface area contributed by atoms with Crippen LogP contribution in [0, 0.1) is 5.92 Å². The van der Waals surface area contributed by atoms with E-state index in [1.54, 1.807) is 26.0 Å². The van der Waals surface area contributed by atoms with Gasteiger partial charge in [-0.15, -0.1) is 0 Å². The van der Waals surface area contributed by atoms with Crippen LogP contribution < -0.4 is 21.7 Å². The Hall–Kier alpha value is -3.58. The second kappa shape index (κ2) is 13.5. The molecule has 4 unspecified atom stereocenters. The number of amides is 3. The summed E-state index contributed by atoms with van der Waals surface area (Å²) >= 11 is 4.13. The van der Waals surface area contributed by atoms with E-state index >= 15 is 0 Å². The summed E-state index contributed by atoms with van der Waals surface area (Å²) < 4.78 is 0. The molecule has 0 spiro atoms. The predicted octanol–water partition coefficient (Wildman–Crippen LogP) is -0.647. The minimum absolute atomic E-state index is 0.0198. The molecule has 0 aliphatic rings. The molecule has 2 aromatic rings. The summed E-state index contributed by atoms with van der Waals surface area (Å²) in [5, 5.41) is 26.4. The fourth-order valence-corrected chi connectivity index (χ4v) is 3.58. The molecular formula is C23H32N6O6S. The average molecular weight is 521 g/mol. The molecule has 0 fully saturated rings. The lowest BCUT2D eigenvalue weighted by atomic mass is 10.0. The Labute approximate surface area is 213 Å². The molecule has 2 rings (SSSR count). The van der Waals surface area contributed by atoms with Gasteiger partial charge in [0.05, 0.1) is 12.4 Å². The Bertz CT molecular complexity index is 1030. The Morgan fingerprint density at radius 2 is 1.64 bits per heavy atom. The molecule has 0 aliphatic carbocycles. The van der Waals surface area contributed by atoms with Crippen LogP contribution in [-0.2, 0) is 32.0 Å². The van der Waals surface area contributed by atoms with Crippen molar-refractivity contribution in [1.82, 2.24) is 25.9 Å². The summed E-state index contributed by atoms with van der Waals surface area (Å²) in [5.74, 6) is -3.54. The van der Waals surface area contributed by atoms with Crippen LogP contribution in [0.2, 0.25) is 0 Å². The van der Waals surface area contributed by atoms with Gasteiger partial charge in [-0.2, -0.15) is 12.6 Å². The minimum Gasteiger partial charge on any atom is -0.508 e. The number of rotatable bonds is 13. The lowest BCUT2D eigenvalue weighted by Crippen LogP contribution is -2.59. The number of nitrogens with zero attached hydrogens (tertiary/aromatic N) is 1. The maximum atomic E-state index is 12.9. The lowest BCUT2D eigenvalue weighted by molar-refractivity contribution is -0.142. The van der Waals surface area contributed by atoms with Crippen LogP contribution in [0.15, 0.2) is 36.8 Å². The zero-order valence-corrected chi connectivity index (χ0v) is 20.9. The summed E-state index contributed by atoms with van der Waals surface area (Å²) in [7, 11) is 0. The van der Waals surface area contributed by atoms with Gasteiger partial charge in [0.2, 0.25) is 17.7 Å². The number of phenolic OH excluding ortho intramolecular Hbond substituents is 1. The van der Waals surface area contributed by atoms with Crippen molar-refractivity contribution in [3.8, 4) is 5.75 Å². The third kappa shape index (κ3) is 8.57. The van der Waals surface area contributed by atoms with Crippen LogP contribution in [-0.4, -0.2) is 73.8 Å². The molecule has 196 valence electrons. The van der Waals surface area contributed by atoms with E-state index in [4.69, 9.17) is 5.73 Å². The molecule has 0 bridgehead atoms. The molecule has 1 aromatic heterocycles. The van der Waals surface area contributed by atoms with Crippen LogP contribution in [0.3, 0.4) is 0 Å². The van der Waals surface area contributed by atoms with Crippen LogP contribution in [0.5, 0.6) is 5.75 Å². The number of carboxylic acid groups (broad SMARTS) is 1. The largest absolute Gasteiger partial charge is 0.508 e. The molecule has 36 heavy (non-hydrogen) atoms. The molecule has 0 radical (unpaired) electrons. The number of H-pyrrole nitrogens is 1. The first-order chi connectivity index (χ1) is 17.0. The summed E-state index contributed by atoms with van der Waals surface area (Å²) in [4.78, 5) is 56.6. The number of carboxylic acids is 1. The standard InChI is InChI=1S/C23H32N6O6S/c1-12(2)19(22(33)27-17(23(34)35)8-14-9-25-11-26-14)29-21(32)18(10-36)28-20(31)16(24)7-13-3-5-15(30)6-4-13/h3-6,9,11-12,16-19,30,36H,7-8,10,24H2,1-2H3,(H,25,26)(H,27,33)(H,28,31)(H,29,32)(H,34,35). The van der Waals surface area contributed by atoms with Gasteiger partial charge in [-0.05, 0) is 30.0 Å². The van der Waals surface area contributed by atoms with Crippen molar-refractivity contribution in [2.75, 3.05) is 5.75 Å². The van der Waals surface area contributed by atoms with Gasteiger partial charge in [-0.1, -0.05) is 26.0 Å². The molecule has 0 saturated carbocycles. The van der Waals surface area contributed by atoms with Crippen LogP contribution in [0.1, 0.15) is 25.1 Å². The predicted molar refractivity (Wildman–Crippen MR) is 134 cm³/mol. The van der Waals surface area contributed by atoms with Gasteiger partial charge in [-0.25, -0.2) is 9.78 Å². The first-order valence-corrected chi connectivity index (χ1v) is 11.9. The van der Waals surface area contributed by atoms with E-state index in [2.05, 4.69) is 38.5 Å². The van der Waals surface area contributed by atoms with Crippen molar-refractivity contribution in [3.05, 3.63) is 48.0 Å². The number of aromatic hydroxyl groups is 1. The second-order valence-electron chi connectivity index (χ2n) is 8.63. The summed E-state index contributed by atoms with van der Waals surface area (Å²) in [6.45, 7) is 3.38. The van der Waals surface area contributed by atoms with Crippen molar-refractivity contribution in [3.63, 3.8) is 0 Å². The van der Waals surface area contributed by atoms with Crippen LogP contribution >= 0.6 is 12.6 Å². The van der Waals surface area contributed by atoms with Crippen LogP contribution in [0.4, 0.5) is 0 Å². The van der Waals surface area contributed by atoms with Gasteiger partial charge in [0.1, 0.15) is 23.9 Å². The molecule has 12 nitrogen and oxygen atoms in total. The molecule has 8 N–H and O–H groups in total. The number of thiol groups is 1. The highest BCUT2D eigenvalue weighted by Crippen LogP contribution is 2.11. The van der Waals surface area contributed by atoms with Crippen LogP contribution in [0.25, 0.3) is 0 Å². The normalized spacial score (nSPS) is 14.4. The number of aromatic nitrogens is 2. The summed E-state index contributed by atoms with van der Waals surface area (Å²) in [6.07, 6.45) is 3.01. The summed E-state index contributed by atoms with van der Waals surface area (Å²) in [6, 6.07) is 1.87. The molecule has 1 heterocycles. The first kappa shape index (κ1) is 28.7. The molecule has 4 atom stereocenters. The van der Waals surface area contributed by atoms with E-state index in [1.165, 1.54) is 24.7 Å². The Balaban J connectivity index is 2.00. The van der Waals surface area contributed by atoms with Crippen molar-refractivity contribution in [1.29, 1.82) is 0 Å². The van der Waals surface area contributed by atoms with Crippen molar-refractivity contribution in [2.45, 2.75) is 50.9 Å². The third-order valence-electron chi connectivity index (χ3n) is 5.38. The number of hydrogen-bond acceptors (Lipinski definition) is 8. The van der Waals surface area contributed by atoms with Gasteiger partial charge in [0, 0.05) is 24.1 Å². The first-order valence-electron chi connectivity index (χ1n) is 11.3. The number of nitrogens with one attached hydrogen (secondary N) is 4. The number of carbonyl (C=O) groups is 4. The molecule has 3 amide bonds. The van der Waals surface area contributed by atoms with E-state index in [-0.39, 0.29) is 30.3 Å². The van der Waals surface area contributed by atoms with E-state index < -0.39 is 47.9 Å². The fourth-order valence-electron chi connectivity index (χ4n) is 3.32. The van der Waals surface area contributed by atoms with Crippen molar-refractivity contribution >= 4 is 36.3 Å². The van der Waals surface area contributed by atoms with Gasteiger partial charge in [0.15, 0.2) is 0 Å². The van der Waals surface area contributed by atoms with Gasteiger partial charge in [-0.3, -0.25) is 14.4 Å². The number of phenols is 1. The number of hydrogen-bond donors (Lipinski definition) is 8. The van der Waals surface area contributed by atoms with E-state index in [0.717, 1.165) is 5.56 Å². The maximum Gasteiger partial charge on any atom is 0.326 e. The van der Waals surface area contributed by atoms with Crippen molar-refractivity contribution in [2.24, 2.45) is 11.7 Å². The highest BCUT2D eigenvalue weighted by molar-refractivity contribution is 7.80. The minimum atomic E-state index is -1.24. The fraction of sp³-hybridized carbons (Fsp3) is 0.435. The highest BCUT2D eigenvalue weighted by Gasteiger charge is 2.31. The molecular weight excluding hydrogens is 488 g/mol. The van der Waals surface area contributed by atoms with Gasteiger partial charge in [0.25, 0.3) is 0 Å². The lowest BCUT2D eigenvalue weighted by Gasteiger charge is -2.26. The molecule has 0 saturated heterocycles. The Kier molecular flexibility index (Phi) is 10.7. The smallest absolute Gasteiger partial charge is 0.326 e. The van der Waals surface area contributed by atoms with Gasteiger partial charge < -0.3 is 36.9 Å². The topological polar surface area (TPSA) is 200 Å². The second-order valence-corrected chi connectivity index (χ2v) is 9.00. The van der Waals surface area contributed by atoms with Gasteiger partial charge >= 0.3 is 5.97 Å².